The Balaban J connectivity index is 1.80. The molecule has 36 heavy (non-hydrogen) atoms. The van der Waals surface area contributed by atoms with E-state index in [1.165, 1.54) is 27.6 Å². The number of aromatic nitrogens is 2. The Morgan fingerprint density at radius 3 is 2.61 bits per heavy atom. The van der Waals surface area contributed by atoms with Gasteiger partial charge in [0.25, 0.3) is 5.91 Å². The molecule has 0 bridgehead atoms. The molecule has 1 atom stereocenters. The minimum atomic E-state index is -0.887. The van der Waals surface area contributed by atoms with E-state index in [1.807, 2.05) is 13.8 Å². The molecule has 0 spiro atoms. The number of aliphatic hydroxyl groups excluding tert-OH is 1. The number of aryl methyl sites for hydroxylation is 2. The van der Waals surface area contributed by atoms with Crippen LogP contribution in [0.5, 0.6) is 11.5 Å². The molecule has 1 aliphatic rings. The predicted octanol–water partition coefficient (Wildman–Crippen LogP) is 5.82. The number of hydrogen-bond acceptors (Lipinski definition) is 9. The van der Waals surface area contributed by atoms with Gasteiger partial charge in [-0.3, -0.25) is 14.5 Å². The summed E-state index contributed by atoms with van der Waals surface area (Å²) in [5, 5.41) is 13.8. The molecule has 0 saturated carbocycles. The van der Waals surface area contributed by atoms with E-state index in [2.05, 4.69) is 23.8 Å². The molecule has 1 aromatic carbocycles. The highest BCUT2D eigenvalue weighted by Gasteiger charge is 2.46. The van der Waals surface area contributed by atoms with Gasteiger partial charge in [0.1, 0.15) is 0 Å². The van der Waals surface area contributed by atoms with Gasteiger partial charge in [-0.05, 0) is 50.8 Å². The van der Waals surface area contributed by atoms with Gasteiger partial charge in [0.15, 0.2) is 22.4 Å². The Bertz CT molecular complexity index is 1300. The maximum absolute atomic E-state index is 13.7. The molecule has 1 amide bonds. The van der Waals surface area contributed by atoms with E-state index < -0.39 is 23.5 Å². The van der Waals surface area contributed by atoms with Gasteiger partial charge in [0.2, 0.25) is 5.78 Å². The molecule has 0 fully saturated rings. The number of rotatable bonds is 10. The summed E-state index contributed by atoms with van der Waals surface area (Å²) in [5.41, 5.74) is 1.16. The molecular weight excluding hydrogens is 498 g/mol. The molecule has 0 radical (unpaired) electrons. The number of benzene rings is 1. The van der Waals surface area contributed by atoms with Crippen LogP contribution in [0.15, 0.2) is 41.1 Å². The first-order valence-electron chi connectivity index (χ1n) is 11.8. The Kier molecular flexibility index (Phi) is 7.75. The summed E-state index contributed by atoms with van der Waals surface area (Å²) in [6.07, 6.45) is 2.47. The highest BCUT2D eigenvalue weighted by atomic mass is 32.1. The minimum absolute atomic E-state index is 0.00197. The van der Waals surface area contributed by atoms with Crippen molar-refractivity contribution in [1.29, 1.82) is 0 Å². The zero-order valence-corrected chi connectivity index (χ0v) is 22.5. The van der Waals surface area contributed by atoms with Crippen LogP contribution in [0.3, 0.4) is 0 Å². The summed E-state index contributed by atoms with van der Waals surface area (Å²) in [4.78, 5) is 37.4. The van der Waals surface area contributed by atoms with Crippen LogP contribution >= 0.6 is 22.7 Å². The summed E-state index contributed by atoms with van der Waals surface area (Å²) in [7, 11) is 0. The van der Waals surface area contributed by atoms with Crippen LogP contribution in [0.2, 0.25) is 0 Å². The molecule has 0 saturated heterocycles. The van der Waals surface area contributed by atoms with Crippen LogP contribution in [0.1, 0.15) is 59.2 Å². The number of carbonyl (C=O) groups is 2. The van der Waals surface area contributed by atoms with Crippen molar-refractivity contribution in [2.75, 3.05) is 18.1 Å². The number of thiazole rings is 2. The van der Waals surface area contributed by atoms with Gasteiger partial charge in [-0.1, -0.05) is 19.9 Å². The second-order valence-electron chi connectivity index (χ2n) is 8.80. The van der Waals surface area contributed by atoms with E-state index in [1.54, 1.807) is 36.7 Å². The second kappa shape index (κ2) is 10.8. The van der Waals surface area contributed by atoms with Crippen molar-refractivity contribution >= 4 is 39.5 Å². The number of anilines is 1. The number of ether oxygens (including phenoxy) is 2. The number of ketones is 1. The third-order valence-electron chi connectivity index (χ3n) is 5.72. The number of carbonyl (C=O) groups excluding carboxylic acids is 2. The molecule has 1 unspecified atom stereocenters. The fourth-order valence-electron chi connectivity index (χ4n) is 4.04. The van der Waals surface area contributed by atoms with Crippen LogP contribution in [0.25, 0.3) is 0 Å². The van der Waals surface area contributed by atoms with Gasteiger partial charge in [-0.15, -0.1) is 22.7 Å². The van der Waals surface area contributed by atoms with Crippen molar-refractivity contribution in [2.45, 2.75) is 47.1 Å². The first-order valence-corrected chi connectivity index (χ1v) is 13.5. The number of hydrogen-bond donors (Lipinski definition) is 1. The van der Waals surface area contributed by atoms with Crippen molar-refractivity contribution < 1.29 is 24.2 Å². The zero-order valence-electron chi connectivity index (χ0n) is 20.9. The lowest BCUT2D eigenvalue weighted by atomic mass is 9.95. The third kappa shape index (κ3) is 5.01. The van der Waals surface area contributed by atoms with Gasteiger partial charge in [0, 0.05) is 11.6 Å². The van der Waals surface area contributed by atoms with E-state index in [9.17, 15) is 14.7 Å². The Morgan fingerprint density at radius 2 is 2.00 bits per heavy atom. The number of Topliss-reactive ketones (excluding diaryl/α,β-unsaturated/α-hetero) is 1. The topological polar surface area (TPSA) is 102 Å². The normalized spacial score (nSPS) is 15.8. The molecule has 4 rings (SSSR count). The first kappa shape index (κ1) is 25.8. The van der Waals surface area contributed by atoms with E-state index >= 15 is 0 Å². The van der Waals surface area contributed by atoms with E-state index in [0.29, 0.717) is 51.9 Å². The second-order valence-corrected chi connectivity index (χ2v) is 10.9. The van der Waals surface area contributed by atoms with Gasteiger partial charge in [0.05, 0.1) is 40.4 Å². The molecular formula is C26H29N3O5S2. The van der Waals surface area contributed by atoms with Gasteiger partial charge >= 0.3 is 0 Å². The highest BCUT2D eigenvalue weighted by molar-refractivity contribution is 7.14. The molecule has 10 heteroatoms. The summed E-state index contributed by atoms with van der Waals surface area (Å²) in [6.45, 7) is 10.6. The van der Waals surface area contributed by atoms with Gasteiger partial charge < -0.3 is 14.6 Å². The molecule has 8 nitrogen and oxygen atoms in total. The monoisotopic (exact) mass is 527 g/mol. The van der Waals surface area contributed by atoms with Gasteiger partial charge in [-0.2, -0.15) is 0 Å². The summed E-state index contributed by atoms with van der Waals surface area (Å²) in [6, 6.07) is 4.46. The predicted molar refractivity (Wildman–Crippen MR) is 140 cm³/mol. The third-order valence-corrected chi connectivity index (χ3v) is 7.57. The van der Waals surface area contributed by atoms with Crippen molar-refractivity contribution in [2.24, 2.45) is 5.92 Å². The van der Waals surface area contributed by atoms with Gasteiger partial charge in [-0.25, -0.2) is 9.97 Å². The standard InChI is InChI=1S/C26H29N3O5S2/c1-6-33-19-13-17(7-8-18(19)34-11-9-14(2)3)21-20(22(30)24-15(4)28-16(5)36-24)23(31)25(32)29(21)26-27-10-12-35-26/h7-8,10,12-14,21,31H,6,9,11H2,1-5H3. The van der Waals surface area contributed by atoms with Crippen molar-refractivity contribution in [3.8, 4) is 11.5 Å². The molecule has 1 aliphatic heterocycles. The largest absolute Gasteiger partial charge is 0.503 e. The lowest BCUT2D eigenvalue weighted by Crippen LogP contribution is -2.31. The summed E-state index contributed by atoms with van der Waals surface area (Å²) < 4.78 is 11.8. The number of aliphatic hydroxyl groups is 1. The fraction of sp³-hybridized carbons (Fsp3) is 0.385. The molecule has 1 N–H and O–H groups in total. The Labute approximate surface area is 218 Å². The molecule has 190 valence electrons. The van der Waals surface area contributed by atoms with Crippen molar-refractivity contribution in [3.63, 3.8) is 0 Å². The maximum atomic E-state index is 13.7. The average Bonchev–Trinajstić information content (AvgIpc) is 3.53. The minimum Gasteiger partial charge on any atom is -0.503 e. The molecule has 0 aliphatic carbocycles. The Hall–Kier alpha value is -3.24. The smallest absolute Gasteiger partial charge is 0.296 e. The van der Waals surface area contributed by atoms with E-state index in [0.717, 1.165) is 11.4 Å². The summed E-state index contributed by atoms with van der Waals surface area (Å²) in [5.74, 6) is -0.0946. The van der Waals surface area contributed by atoms with Crippen LogP contribution in [0, 0.1) is 19.8 Å². The van der Waals surface area contributed by atoms with Crippen LogP contribution in [-0.4, -0.2) is 40.0 Å². The highest BCUT2D eigenvalue weighted by Crippen LogP contribution is 2.45. The maximum Gasteiger partial charge on any atom is 0.296 e. The number of nitrogens with zero attached hydrogens (tertiary/aromatic N) is 3. The summed E-state index contributed by atoms with van der Waals surface area (Å²) >= 11 is 2.49. The quantitative estimate of drug-likeness (QED) is 0.331. The Morgan fingerprint density at radius 1 is 1.22 bits per heavy atom. The van der Waals surface area contributed by atoms with Crippen LogP contribution in [-0.2, 0) is 4.79 Å². The fourth-order valence-corrected chi connectivity index (χ4v) is 5.58. The lowest BCUT2D eigenvalue weighted by molar-refractivity contribution is -0.117. The number of amides is 1. The molecule has 2 aromatic heterocycles. The molecule has 3 heterocycles. The van der Waals surface area contributed by atoms with Crippen LogP contribution < -0.4 is 14.4 Å². The lowest BCUT2D eigenvalue weighted by Gasteiger charge is -2.25. The zero-order chi connectivity index (χ0) is 26.0. The average molecular weight is 528 g/mol. The SMILES string of the molecule is CCOc1cc(C2C(C(=O)c3sc(C)nc3C)=C(O)C(=O)N2c2nccs2)ccc1OCCC(C)C. The molecule has 3 aromatic rings. The van der Waals surface area contributed by atoms with Crippen LogP contribution in [0.4, 0.5) is 5.13 Å². The van der Waals surface area contributed by atoms with E-state index in [-0.39, 0.29) is 5.57 Å². The van der Waals surface area contributed by atoms with Crippen molar-refractivity contribution in [1.82, 2.24) is 9.97 Å². The van der Waals surface area contributed by atoms with E-state index in [4.69, 9.17) is 9.47 Å². The first-order chi connectivity index (χ1) is 17.2. The van der Waals surface area contributed by atoms with Crippen molar-refractivity contribution in [3.05, 3.63) is 62.3 Å².